The topological polar surface area (TPSA) is 301 Å². The second-order valence-corrected chi connectivity index (χ2v) is 43.6. The lowest BCUT2D eigenvalue weighted by Crippen LogP contribution is -2.61. The lowest BCUT2D eigenvalue weighted by Gasteiger charge is -2.60. The van der Waals surface area contributed by atoms with E-state index in [0.717, 1.165) is 134 Å². The molecule has 16 bridgehead atoms. The number of nitrogens with zero attached hydrogens (tertiary/aromatic N) is 1. The van der Waals surface area contributed by atoms with E-state index in [0.29, 0.717) is 79.4 Å². The maximum atomic E-state index is 12.6. The van der Waals surface area contributed by atoms with Crippen molar-refractivity contribution in [3.63, 3.8) is 0 Å². The zero-order valence-corrected chi connectivity index (χ0v) is 74.0. The van der Waals surface area contributed by atoms with Gasteiger partial charge in [-0.2, -0.15) is 5.26 Å². The molecule has 2 saturated heterocycles. The Kier molecular flexibility index (Phi) is 26.1. The van der Waals surface area contributed by atoms with E-state index in [2.05, 4.69) is 26.8 Å². The van der Waals surface area contributed by atoms with Gasteiger partial charge in [0.25, 0.3) is 0 Å². The molecule has 17 saturated carbocycles. The van der Waals surface area contributed by atoms with E-state index >= 15 is 0 Å². The Morgan fingerprint density at radius 1 is 0.443 bits per heavy atom. The largest absolute Gasteiger partial charge is 0.459 e. The zero-order chi connectivity index (χ0) is 84.6. The molecule has 21 nitrogen and oxygen atoms in total. The molecule has 14 unspecified atom stereocenters. The molecule has 14 atom stereocenters. The Hall–Kier alpha value is -5.36. The minimum absolute atomic E-state index is 0.0197. The second-order valence-electron chi connectivity index (χ2n) is 43.6. The predicted molar refractivity (Wildman–Crippen MR) is 430 cm³/mol. The van der Waals surface area contributed by atoms with Crippen molar-refractivity contribution in [1.29, 1.82) is 5.26 Å². The highest BCUT2D eigenvalue weighted by molar-refractivity contribution is 5.85. The van der Waals surface area contributed by atoms with E-state index < -0.39 is 75.0 Å². The smallest absolute Gasteiger partial charge is 0.344 e. The molecule has 17 aliphatic carbocycles. The quantitative estimate of drug-likeness (QED) is 0.0751. The number of carbonyl (C=O) groups excluding carboxylic acids is 9. The van der Waals surface area contributed by atoms with Gasteiger partial charge in [0, 0.05) is 36.5 Å². The highest BCUT2D eigenvalue weighted by Gasteiger charge is 2.73. The number of hydrogen-bond donors (Lipinski definition) is 2. The van der Waals surface area contributed by atoms with Gasteiger partial charge in [-0.15, -0.1) is 0 Å². The number of esters is 9. The zero-order valence-electron chi connectivity index (χ0n) is 74.0. The van der Waals surface area contributed by atoms with E-state index in [9.17, 15) is 58.6 Å². The van der Waals surface area contributed by atoms with Gasteiger partial charge in [0.1, 0.15) is 46.8 Å². The number of nitriles is 1. The Morgan fingerprint density at radius 3 is 1.27 bits per heavy atom. The summed E-state index contributed by atoms with van der Waals surface area (Å²) < 4.78 is 50.8. The summed E-state index contributed by atoms with van der Waals surface area (Å²) in [6.45, 7) is 39.0. The van der Waals surface area contributed by atoms with Crippen LogP contribution in [0, 0.1) is 126 Å². The third kappa shape index (κ3) is 18.2. The average Bonchev–Trinajstić information content (AvgIpc) is 1.53. The fourth-order valence-electron chi connectivity index (χ4n) is 24.2. The molecule has 0 spiro atoms. The second kappa shape index (κ2) is 33.2. The third-order valence-electron chi connectivity index (χ3n) is 33.0. The molecule has 0 aromatic heterocycles. The molecule has 2 N–H and O–H groups in total. The molecular formula is C94H147NO20. The van der Waals surface area contributed by atoms with Crippen molar-refractivity contribution in [3.8, 4) is 6.07 Å². The lowest BCUT2D eigenvalue weighted by atomic mass is 9.49. The van der Waals surface area contributed by atoms with Gasteiger partial charge in [0.2, 0.25) is 0 Å². The summed E-state index contributed by atoms with van der Waals surface area (Å²) in [5, 5.41) is 30.6. The molecule has 21 heteroatoms. The van der Waals surface area contributed by atoms with Gasteiger partial charge in [0.05, 0.1) is 55.7 Å². The maximum Gasteiger partial charge on any atom is 0.344 e. The average molecular weight is 1610 g/mol. The van der Waals surface area contributed by atoms with Crippen LogP contribution in [0.3, 0.4) is 0 Å². The van der Waals surface area contributed by atoms with E-state index in [1.165, 1.54) is 57.8 Å². The first-order chi connectivity index (χ1) is 53.6. The summed E-state index contributed by atoms with van der Waals surface area (Å²) in [4.78, 5) is 109. The van der Waals surface area contributed by atoms with Crippen molar-refractivity contribution >= 4 is 53.7 Å². The van der Waals surface area contributed by atoms with Crippen LogP contribution in [-0.2, 0) is 85.8 Å². The summed E-state index contributed by atoms with van der Waals surface area (Å²) in [6, 6.07) is 2.10. The number of fused-ring (bicyclic) bond motifs is 2. The first-order valence-corrected chi connectivity index (χ1v) is 45.4. The molecule has 648 valence electrons. The van der Waals surface area contributed by atoms with Crippen molar-refractivity contribution in [2.75, 3.05) is 6.61 Å². The molecule has 2 heterocycles. The molecule has 19 rings (SSSR count). The lowest BCUT2D eigenvalue weighted by molar-refractivity contribution is -0.226. The molecular weight excluding hydrogens is 1460 g/mol. The minimum Gasteiger partial charge on any atom is -0.459 e. The number of rotatable bonds is 22. The highest BCUT2D eigenvalue weighted by Crippen LogP contribution is 2.65. The van der Waals surface area contributed by atoms with Crippen molar-refractivity contribution in [1.82, 2.24) is 0 Å². The van der Waals surface area contributed by atoms with Crippen molar-refractivity contribution in [2.24, 2.45) is 115 Å². The maximum absolute atomic E-state index is 12.6. The van der Waals surface area contributed by atoms with Crippen molar-refractivity contribution in [2.45, 2.75) is 408 Å². The molecule has 19 fully saturated rings. The van der Waals surface area contributed by atoms with Crippen LogP contribution in [0.5, 0.6) is 0 Å². The standard InChI is InChI=1S/C18H30O2.C17H21NO6.2C16H26O3.C14H20O4.C13H24O2/c1-5-17(3,4)16(19)20-18(6-2)14-8-12-7-13(10-14)11-15(18)9-12;1-4-16(2,3)14(20)22-7-11(19)23-12-9-5-10-13(12)24-15(21)17(10,6-9)8-18;2*1-4-14(2,3)13(17)19-16-8-11-5-12(9-16)7-15(18,6-11)10-16;1-4-14(2,3)13(16)18-10-7-5-8-9(6-7)12(15)17-11(8)10;1-5-12(3,4)11(14)15-13(6-2)9-7-8-10-13/h12-15H,5-11H2,1-4H3;9-10,12-13H,4-7H2,1-3H3;2*11-12,18H,4-10H2,1-3H3;7-11H,4-6H2,1-3H3;5-10H2,1-4H3. The SMILES string of the molecule is CCC(C)(C)C(=O)OC1(CC)C2CC3CC(C2)CC1C3.CCC(C)(C)C(=O)OC12CC3CC(CC(O)(C3)C1)C2.CCC(C)(C)C(=O)OC12CC3CC(CC(O)(C3)C1)C2.CCC(C)(C)C(=O)OC1C2CC3C(=O)OC1C3C2.CCC(C)(C)C(=O)OCC(=O)OC1C2CC3C1OC(=O)C3(C#N)C2.CCC1(OC(=O)C(C)(C)CC)CCCC1. The van der Waals surface area contributed by atoms with Gasteiger partial charge < -0.3 is 52.8 Å². The molecule has 2 aliphatic heterocycles. The van der Waals surface area contributed by atoms with Crippen LogP contribution in [0.2, 0.25) is 0 Å². The summed E-state index contributed by atoms with van der Waals surface area (Å²) in [6.07, 6.45) is 30.4. The molecule has 115 heavy (non-hydrogen) atoms. The Labute approximate surface area is 687 Å². The molecule has 0 aromatic rings. The first-order valence-electron chi connectivity index (χ1n) is 45.4. The summed E-state index contributed by atoms with van der Waals surface area (Å²) in [7, 11) is 0. The van der Waals surface area contributed by atoms with E-state index in [4.69, 9.17) is 42.6 Å². The fourth-order valence-corrected chi connectivity index (χ4v) is 24.2. The number of aliphatic hydroxyl groups is 2. The van der Waals surface area contributed by atoms with E-state index in [-0.39, 0.29) is 99.0 Å². The Bertz CT molecular complexity index is 3510. The first kappa shape index (κ1) is 90.4. The fraction of sp³-hybridized carbons (Fsp3) is 0.894. The van der Waals surface area contributed by atoms with Crippen LogP contribution in [0.4, 0.5) is 0 Å². The van der Waals surface area contributed by atoms with Crippen LogP contribution in [0.25, 0.3) is 0 Å². The van der Waals surface area contributed by atoms with Gasteiger partial charge in [-0.25, -0.2) is 4.79 Å². The number of carbonyl (C=O) groups is 9. The Morgan fingerprint density at radius 2 is 0.852 bits per heavy atom. The summed E-state index contributed by atoms with van der Waals surface area (Å²) in [5.41, 5.74) is -5.74. The molecule has 0 radical (unpaired) electrons. The van der Waals surface area contributed by atoms with Crippen molar-refractivity contribution in [3.05, 3.63) is 0 Å². The van der Waals surface area contributed by atoms with Crippen LogP contribution >= 0.6 is 0 Å². The number of hydrogen-bond acceptors (Lipinski definition) is 21. The molecule has 0 amide bonds. The van der Waals surface area contributed by atoms with Gasteiger partial charge in [-0.1, -0.05) is 55.4 Å². The van der Waals surface area contributed by atoms with Crippen LogP contribution in [-0.4, -0.2) is 129 Å². The summed E-state index contributed by atoms with van der Waals surface area (Å²) >= 11 is 0. The monoisotopic (exact) mass is 1610 g/mol. The van der Waals surface area contributed by atoms with Gasteiger partial charge in [-0.3, -0.25) is 38.4 Å². The van der Waals surface area contributed by atoms with Gasteiger partial charge in [-0.05, 0) is 329 Å². The molecule has 0 aromatic carbocycles. The minimum atomic E-state index is -1.06. The highest BCUT2D eigenvalue weighted by atomic mass is 16.6. The predicted octanol–water partition coefficient (Wildman–Crippen LogP) is 17.6. The van der Waals surface area contributed by atoms with Crippen LogP contribution < -0.4 is 0 Å². The summed E-state index contributed by atoms with van der Waals surface area (Å²) in [5.74, 6) is 3.80. The van der Waals surface area contributed by atoms with E-state index in [1.54, 1.807) is 13.8 Å². The molecule has 19 aliphatic rings. The van der Waals surface area contributed by atoms with Gasteiger partial charge in [0.15, 0.2) is 12.0 Å². The Balaban J connectivity index is 0.000000137. The van der Waals surface area contributed by atoms with E-state index in [1.807, 2.05) is 104 Å². The number of ether oxygens (including phenoxy) is 9. The van der Waals surface area contributed by atoms with Crippen LogP contribution in [0.1, 0.15) is 350 Å². The normalized spacial score (nSPS) is 38.7. The van der Waals surface area contributed by atoms with Gasteiger partial charge >= 0.3 is 53.7 Å². The van der Waals surface area contributed by atoms with Crippen LogP contribution in [0.15, 0.2) is 0 Å². The van der Waals surface area contributed by atoms with Crippen molar-refractivity contribution < 1.29 is 96.0 Å². The third-order valence-corrected chi connectivity index (χ3v) is 33.0.